The molecule has 1 aromatic heterocycles. The summed E-state index contributed by atoms with van der Waals surface area (Å²) < 4.78 is 1.47. The predicted octanol–water partition coefficient (Wildman–Crippen LogP) is 1.98. The molecule has 0 N–H and O–H groups in total. The maximum Gasteiger partial charge on any atom is 0.251 e. The molecule has 0 amide bonds. The monoisotopic (exact) mass is 261 g/mol. The van der Waals surface area contributed by atoms with E-state index in [0.717, 1.165) is 12.1 Å². The number of aromatic nitrogens is 1. The molecule has 2 rings (SSSR count). The predicted molar refractivity (Wildman–Crippen MR) is 72.4 cm³/mol. The highest BCUT2D eigenvalue weighted by Gasteiger charge is 2.25. The minimum Gasteiger partial charge on any atom is -0.304 e. The standard InChI is InChI=1S/C15H19NO3/c1-15(2,3)13(18)9-16-11-5-4-6-12(17)10(11)7-8-14(16)19/h7-8H,4-6,9H2,1-3H3. The van der Waals surface area contributed by atoms with E-state index in [0.29, 0.717) is 18.4 Å². The number of pyridine rings is 1. The van der Waals surface area contributed by atoms with Crippen LogP contribution in [0.4, 0.5) is 0 Å². The van der Waals surface area contributed by atoms with Gasteiger partial charge in [-0.1, -0.05) is 20.8 Å². The smallest absolute Gasteiger partial charge is 0.251 e. The topological polar surface area (TPSA) is 56.1 Å². The van der Waals surface area contributed by atoms with Crippen molar-refractivity contribution in [3.8, 4) is 0 Å². The van der Waals surface area contributed by atoms with Crippen molar-refractivity contribution in [2.45, 2.75) is 46.6 Å². The third kappa shape index (κ3) is 2.67. The average Bonchev–Trinajstić information content (AvgIpc) is 2.31. The lowest BCUT2D eigenvalue weighted by Gasteiger charge is -2.22. The molecule has 0 aliphatic heterocycles. The van der Waals surface area contributed by atoms with Crippen molar-refractivity contribution in [3.05, 3.63) is 33.7 Å². The van der Waals surface area contributed by atoms with E-state index in [-0.39, 0.29) is 23.7 Å². The van der Waals surface area contributed by atoms with Gasteiger partial charge in [0.15, 0.2) is 11.6 Å². The molecular weight excluding hydrogens is 242 g/mol. The normalized spacial score (nSPS) is 15.2. The molecule has 1 aliphatic carbocycles. The fraction of sp³-hybridized carbons (Fsp3) is 0.533. The van der Waals surface area contributed by atoms with Crippen LogP contribution in [0.3, 0.4) is 0 Å². The summed E-state index contributed by atoms with van der Waals surface area (Å²) in [5, 5.41) is 0. The molecule has 0 bridgehead atoms. The Hall–Kier alpha value is -1.71. The summed E-state index contributed by atoms with van der Waals surface area (Å²) >= 11 is 0. The Morgan fingerprint density at radius 3 is 2.53 bits per heavy atom. The Kier molecular flexibility index (Phi) is 3.43. The number of carbonyl (C=O) groups excluding carboxylic acids is 2. The van der Waals surface area contributed by atoms with Gasteiger partial charge >= 0.3 is 0 Å². The van der Waals surface area contributed by atoms with Gasteiger partial charge in [0.25, 0.3) is 5.56 Å². The van der Waals surface area contributed by atoms with Crippen molar-refractivity contribution >= 4 is 11.6 Å². The highest BCUT2D eigenvalue weighted by atomic mass is 16.1. The largest absolute Gasteiger partial charge is 0.304 e. The zero-order valence-corrected chi connectivity index (χ0v) is 11.7. The lowest BCUT2D eigenvalue weighted by atomic mass is 9.90. The van der Waals surface area contributed by atoms with Crippen LogP contribution in [-0.4, -0.2) is 16.1 Å². The Bertz CT molecular complexity index is 590. The second-order valence-electron chi connectivity index (χ2n) is 6.07. The van der Waals surface area contributed by atoms with E-state index in [1.54, 1.807) is 6.07 Å². The molecule has 0 saturated heterocycles. The van der Waals surface area contributed by atoms with Gasteiger partial charge < -0.3 is 4.57 Å². The van der Waals surface area contributed by atoms with Gasteiger partial charge in [-0.05, 0) is 18.9 Å². The van der Waals surface area contributed by atoms with Gasteiger partial charge in [0.1, 0.15) is 0 Å². The molecule has 19 heavy (non-hydrogen) atoms. The van der Waals surface area contributed by atoms with Crippen LogP contribution in [0.1, 0.15) is 49.7 Å². The summed E-state index contributed by atoms with van der Waals surface area (Å²) in [6.45, 7) is 5.56. The molecule has 4 heteroatoms. The van der Waals surface area contributed by atoms with E-state index >= 15 is 0 Å². The minimum absolute atomic E-state index is 0.000947. The van der Waals surface area contributed by atoms with Crippen molar-refractivity contribution in [1.82, 2.24) is 4.57 Å². The number of nitrogens with zero attached hydrogens (tertiary/aromatic N) is 1. The second-order valence-corrected chi connectivity index (χ2v) is 6.07. The SMILES string of the molecule is CC(C)(C)C(=O)Cn1c2c(ccc1=O)C(=O)CCC2. The molecule has 0 spiro atoms. The number of rotatable bonds is 2. The van der Waals surface area contributed by atoms with Crippen molar-refractivity contribution < 1.29 is 9.59 Å². The van der Waals surface area contributed by atoms with Crippen LogP contribution in [0, 0.1) is 5.41 Å². The molecule has 0 unspecified atom stereocenters. The van der Waals surface area contributed by atoms with Crippen molar-refractivity contribution in [2.24, 2.45) is 5.41 Å². The molecule has 4 nitrogen and oxygen atoms in total. The Balaban J connectivity index is 2.46. The fourth-order valence-electron chi connectivity index (χ4n) is 2.25. The van der Waals surface area contributed by atoms with E-state index in [9.17, 15) is 14.4 Å². The van der Waals surface area contributed by atoms with Crippen molar-refractivity contribution in [3.63, 3.8) is 0 Å². The maximum absolute atomic E-state index is 12.1. The third-order valence-corrected chi connectivity index (χ3v) is 3.55. The van der Waals surface area contributed by atoms with Gasteiger partial charge in [0, 0.05) is 29.2 Å². The van der Waals surface area contributed by atoms with Crippen LogP contribution in [0.2, 0.25) is 0 Å². The van der Waals surface area contributed by atoms with E-state index < -0.39 is 5.41 Å². The summed E-state index contributed by atoms with van der Waals surface area (Å²) in [5.41, 5.74) is 0.640. The molecule has 0 fully saturated rings. The van der Waals surface area contributed by atoms with E-state index in [1.807, 2.05) is 20.8 Å². The van der Waals surface area contributed by atoms with Crippen molar-refractivity contribution in [2.75, 3.05) is 0 Å². The number of hydrogen-bond acceptors (Lipinski definition) is 3. The molecular formula is C15H19NO3. The van der Waals surface area contributed by atoms with Gasteiger partial charge in [-0.2, -0.15) is 0 Å². The van der Waals surface area contributed by atoms with E-state index in [1.165, 1.54) is 10.6 Å². The molecule has 1 aromatic rings. The van der Waals surface area contributed by atoms with Crippen LogP contribution < -0.4 is 5.56 Å². The summed E-state index contributed by atoms with van der Waals surface area (Å²) in [4.78, 5) is 35.9. The van der Waals surface area contributed by atoms with Crippen LogP contribution in [0.25, 0.3) is 0 Å². The lowest BCUT2D eigenvalue weighted by Crippen LogP contribution is -2.34. The first-order valence-electron chi connectivity index (χ1n) is 6.60. The number of carbonyl (C=O) groups is 2. The number of ketones is 2. The Labute approximate surface area is 112 Å². The van der Waals surface area contributed by atoms with E-state index in [4.69, 9.17) is 0 Å². The quantitative estimate of drug-likeness (QED) is 0.818. The first-order chi connectivity index (χ1) is 8.80. The maximum atomic E-state index is 12.1. The van der Waals surface area contributed by atoms with Crippen molar-refractivity contribution in [1.29, 1.82) is 0 Å². The fourth-order valence-corrected chi connectivity index (χ4v) is 2.25. The van der Waals surface area contributed by atoms with Gasteiger partial charge in [-0.3, -0.25) is 14.4 Å². The first-order valence-corrected chi connectivity index (χ1v) is 6.60. The third-order valence-electron chi connectivity index (χ3n) is 3.55. The van der Waals surface area contributed by atoms with Crippen LogP contribution in [-0.2, 0) is 17.8 Å². The molecule has 1 aliphatic rings. The lowest BCUT2D eigenvalue weighted by molar-refractivity contribution is -0.127. The molecule has 0 saturated carbocycles. The highest BCUT2D eigenvalue weighted by Crippen LogP contribution is 2.21. The molecule has 0 atom stereocenters. The number of fused-ring (bicyclic) bond motifs is 1. The Morgan fingerprint density at radius 2 is 1.89 bits per heavy atom. The van der Waals surface area contributed by atoms with E-state index in [2.05, 4.69) is 0 Å². The molecule has 0 radical (unpaired) electrons. The van der Waals surface area contributed by atoms with Gasteiger partial charge in [-0.25, -0.2) is 0 Å². The van der Waals surface area contributed by atoms with Crippen LogP contribution >= 0.6 is 0 Å². The molecule has 0 aromatic carbocycles. The number of hydrogen-bond donors (Lipinski definition) is 0. The average molecular weight is 261 g/mol. The summed E-state index contributed by atoms with van der Waals surface area (Å²) in [6.07, 6.45) is 1.96. The number of Topliss-reactive ketones (excluding diaryl/α,β-unsaturated/α-hetero) is 2. The van der Waals surface area contributed by atoms with Gasteiger partial charge in [-0.15, -0.1) is 0 Å². The summed E-state index contributed by atoms with van der Waals surface area (Å²) in [5.74, 6) is 0.0687. The first kappa shape index (κ1) is 13.7. The summed E-state index contributed by atoms with van der Waals surface area (Å²) in [6, 6.07) is 2.98. The Morgan fingerprint density at radius 1 is 1.21 bits per heavy atom. The zero-order valence-electron chi connectivity index (χ0n) is 11.7. The zero-order chi connectivity index (χ0) is 14.2. The van der Waals surface area contributed by atoms with Gasteiger partial charge in [0.2, 0.25) is 0 Å². The highest BCUT2D eigenvalue weighted by molar-refractivity contribution is 5.98. The van der Waals surface area contributed by atoms with Crippen LogP contribution in [0.15, 0.2) is 16.9 Å². The van der Waals surface area contributed by atoms with Crippen LogP contribution in [0.5, 0.6) is 0 Å². The summed E-state index contributed by atoms with van der Waals surface area (Å²) in [7, 11) is 0. The second kappa shape index (κ2) is 4.76. The van der Waals surface area contributed by atoms with Gasteiger partial charge in [0.05, 0.1) is 6.54 Å². The minimum atomic E-state index is -0.485. The molecule has 1 heterocycles. The molecule has 102 valence electrons.